The van der Waals surface area contributed by atoms with E-state index in [0.29, 0.717) is 0 Å². The van der Waals surface area contributed by atoms with E-state index >= 15 is 0 Å². The molecule has 0 bridgehead atoms. The van der Waals surface area contributed by atoms with Gasteiger partial charge in [-0.05, 0) is 55.5 Å². The van der Waals surface area contributed by atoms with Crippen LogP contribution in [-0.2, 0) is 21.2 Å². The maximum absolute atomic E-state index is 12.7. The Balaban J connectivity index is 1.62. The van der Waals surface area contributed by atoms with E-state index in [1.807, 2.05) is 32.0 Å². The van der Waals surface area contributed by atoms with Gasteiger partial charge in [0, 0.05) is 11.7 Å². The monoisotopic (exact) mass is 464 g/mol. The average Bonchev–Trinajstić information content (AvgIpc) is 2.74. The van der Waals surface area contributed by atoms with Crippen molar-refractivity contribution in [2.75, 3.05) is 11.9 Å². The van der Waals surface area contributed by atoms with Crippen molar-refractivity contribution in [2.24, 2.45) is 0 Å². The molecule has 0 aliphatic heterocycles. The summed E-state index contributed by atoms with van der Waals surface area (Å²) in [4.78, 5) is 12.5. The molecule has 0 saturated heterocycles. The highest BCUT2D eigenvalue weighted by Gasteiger charge is 2.23. The van der Waals surface area contributed by atoms with Gasteiger partial charge in [0.15, 0.2) is 6.61 Å². The molecule has 2 aromatic carbocycles. The Morgan fingerprint density at radius 1 is 1.16 bits per heavy atom. The standard InChI is InChI=1S/C23H29ClN2O4S/c1-3-17-9-7-8-16(2)23(17)25-22(27)15-30-21-13-12-19(14-20(21)24)31(28,29)26-18-10-5-4-6-11-18/h7-9,12-14,18,26H,3-6,10-11,15H2,1-2H3,(H,25,27). The van der Waals surface area contributed by atoms with E-state index in [1.54, 1.807) is 0 Å². The number of ether oxygens (including phenoxy) is 1. The summed E-state index contributed by atoms with van der Waals surface area (Å²) in [5.74, 6) is -0.0512. The number of amides is 1. The van der Waals surface area contributed by atoms with Crippen LogP contribution in [0.15, 0.2) is 41.3 Å². The fraction of sp³-hybridized carbons (Fsp3) is 0.435. The summed E-state index contributed by atoms with van der Waals surface area (Å²) in [5, 5.41) is 3.03. The third-order valence-electron chi connectivity index (χ3n) is 5.50. The molecule has 1 aliphatic carbocycles. The van der Waals surface area contributed by atoms with Crippen LogP contribution in [0.2, 0.25) is 5.02 Å². The van der Waals surface area contributed by atoms with Crippen molar-refractivity contribution in [3.8, 4) is 5.75 Å². The van der Waals surface area contributed by atoms with Crippen LogP contribution in [-0.4, -0.2) is 27.0 Å². The SMILES string of the molecule is CCc1cccc(C)c1NC(=O)COc1ccc(S(=O)(=O)NC2CCCCC2)cc1Cl. The molecule has 1 amide bonds. The van der Waals surface area contributed by atoms with E-state index in [2.05, 4.69) is 10.0 Å². The molecule has 2 N–H and O–H groups in total. The first kappa shape index (κ1) is 23.6. The number of benzene rings is 2. The molecule has 1 saturated carbocycles. The molecule has 1 fully saturated rings. The molecular weight excluding hydrogens is 436 g/mol. The van der Waals surface area contributed by atoms with Gasteiger partial charge < -0.3 is 10.1 Å². The molecule has 31 heavy (non-hydrogen) atoms. The Hall–Kier alpha value is -2.09. The number of carbonyl (C=O) groups is 1. The third kappa shape index (κ3) is 6.21. The Bertz CT molecular complexity index is 1030. The van der Waals surface area contributed by atoms with E-state index in [1.165, 1.54) is 18.2 Å². The van der Waals surface area contributed by atoms with Gasteiger partial charge >= 0.3 is 0 Å². The summed E-state index contributed by atoms with van der Waals surface area (Å²) < 4.78 is 33.6. The number of halogens is 1. The summed E-state index contributed by atoms with van der Waals surface area (Å²) in [6.07, 6.45) is 5.71. The van der Waals surface area contributed by atoms with Crippen LogP contribution in [0, 0.1) is 6.92 Å². The zero-order chi connectivity index (χ0) is 22.4. The lowest BCUT2D eigenvalue weighted by molar-refractivity contribution is -0.118. The molecule has 0 aromatic heterocycles. The van der Waals surface area contributed by atoms with Crippen molar-refractivity contribution in [3.05, 3.63) is 52.5 Å². The van der Waals surface area contributed by atoms with E-state index in [9.17, 15) is 13.2 Å². The lowest BCUT2D eigenvalue weighted by Gasteiger charge is -2.22. The molecule has 2 aromatic rings. The van der Waals surface area contributed by atoms with Crippen molar-refractivity contribution in [3.63, 3.8) is 0 Å². The highest BCUT2D eigenvalue weighted by Crippen LogP contribution is 2.28. The second-order valence-corrected chi connectivity index (χ2v) is 9.97. The summed E-state index contributed by atoms with van der Waals surface area (Å²) in [6, 6.07) is 10.1. The molecule has 6 nitrogen and oxygen atoms in total. The number of hydrogen-bond donors (Lipinski definition) is 2. The van der Waals surface area contributed by atoms with Gasteiger partial charge in [0.05, 0.1) is 9.92 Å². The van der Waals surface area contributed by atoms with Gasteiger partial charge in [-0.2, -0.15) is 0 Å². The van der Waals surface area contributed by atoms with Crippen molar-refractivity contribution < 1.29 is 17.9 Å². The summed E-state index contributed by atoms with van der Waals surface area (Å²) in [5.41, 5.74) is 2.82. The zero-order valence-corrected chi connectivity index (χ0v) is 19.5. The van der Waals surface area contributed by atoms with Crippen LogP contribution in [0.3, 0.4) is 0 Å². The highest BCUT2D eigenvalue weighted by molar-refractivity contribution is 7.89. The summed E-state index contributed by atoms with van der Waals surface area (Å²) >= 11 is 6.25. The van der Waals surface area contributed by atoms with Crippen molar-refractivity contribution in [1.29, 1.82) is 0 Å². The van der Waals surface area contributed by atoms with Crippen LogP contribution in [0.4, 0.5) is 5.69 Å². The van der Waals surface area contributed by atoms with Crippen LogP contribution in [0.1, 0.15) is 50.2 Å². The van der Waals surface area contributed by atoms with Crippen LogP contribution in [0.5, 0.6) is 5.75 Å². The van der Waals surface area contributed by atoms with Gasteiger partial charge in [0.1, 0.15) is 5.75 Å². The Kier molecular flexibility index (Phi) is 7.97. The van der Waals surface area contributed by atoms with Crippen LogP contribution >= 0.6 is 11.6 Å². The second kappa shape index (κ2) is 10.5. The first-order chi connectivity index (χ1) is 14.8. The molecule has 0 radical (unpaired) electrons. The van der Waals surface area contributed by atoms with Gasteiger partial charge in [-0.1, -0.05) is 56.0 Å². The van der Waals surface area contributed by atoms with E-state index < -0.39 is 10.0 Å². The topological polar surface area (TPSA) is 84.5 Å². The molecule has 0 heterocycles. The number of aryl methyl sites for hydroxylation is 2. The van der Waals surface area contributed by atoms with Gasteiger partial charge in [-0.25, -0.2) is 13.1 Å². The first-order valence-electron chi connectivity index (χ1n) is 10.6. The van der Waals surface area contributed by atoms with E-state index in [-0.39, 0.29) is 34.2 Å². The fourth-order valence-corrected chi connectivity index (χ4v) is 5.43. The molecule has 8 heteroatoms. The fourth-order valence-electron chi connectivity index (χ4n) is 3.79. The van der Waals surface area contributed by atoms with E-state index in [4.69, 9.17) is 16.3 Å². The number of anilines is 1. The molecule has 168 valence electrons. The smallest absolute Gasteiger partial charge is 0.262 e. The van der Waals surface area contributed by atoms with E-state index in [0.717, 1.165) is 55.3 Å². The van der Waals surface area contributed by atoms with Gasteiger partial charge in [0.25, 0.3) is 5.91 Å². The maximum Gasteiger partial charge on any atom is 0.262 e. The quantitative estimate of drug-likeness (QED) is 0.585. The van der Waals surface area contributed by atoms with Crippen LogP contribution in [0.25, 0.3) is 0 Å². The minimum Gasteiger partial charge on any atom is -0.482 e. The molecular formula is C23H29ClN2O4S. The zero-order valence-electron chi connectivity index (χ0n) is 17.9. The third-order valence-corrected chi connectivity index (χ3v) is 7.32. The van der Waals surface area contributed by atoms with Crippen molar-refractivity contribution in [2.45, 2.75) is 63.3 Å². The summed E-state index contributed by atoms with van der Waals surface area (Å²) in [7, 11) is -3.65. The molecule has 0 unspecified atom stereocenters. The van der Waals surface area contributed by atoms with Gasteiger partial charge in [-0.3, -0.25) is 4.79 Å². The Labute approximate surface area is 189 Å². The minimum absolute atomic E-state index is 0.0356. The maximum atomic E-state index is 12.7. The lowest BCUT2D eigenvalue weighted by Crippen LogP contribution is -2.36. The predicted molar refractivity (Wildman–Crippen MR) is 123 cm³/mol. The minimum atomic E-state index is -3.65. The molecule has 3 rings (SSSR count). The predicted octanol–water partition coefficient (Wildman–Crippen LogP) is 4.84. The van der Waals surface area contributed by atoms with Crippen LogP contribution < -0.4 is 14.8 Å². The van der Waals surface area contributed by atoms with Crippen molar-refractivity contribution >= 4 is 33.2 Å². The normalized spacial score (nSPS) is 14.9. The lowest BCUT2D eigenvalue weighted by atomic mass is 9.96. The number of carbonyl (C=O) groups excluding carboxylic acids is 1. The Morgan fingerprint density at radius 2 is 1.90 bits per heavy atom. The molecule has 1 aliphatic rings. The van der Waals surface area contributed by atoms with Gasteiger partial charge in [0.2, 0.25) is 10.0 Å². The van der Waals surface area contributed by atoms with Crippen molar-refractivity contribution in [1.82, 2.24) is 4.72 Å². The molecule has 0 atom stereocenters. The Morgan fingerprint density at radius 3 is 2.58 bits per heavy atom. The average molecular weight is 465 g/mol. The number of sulfonamides is 1. The second-order valence-electron chi connectivity index (χ2n) is 7.85. The van der Waals surface area contributed by atoms with Gasteiger partial charge in [-0.15, -0.1) is 0 Å². The number of rotatable bonds is 8. The number of hydrogen-bond acceptors (Lipinski definition) is 4. The largest absolute Gasteiger partial charge is 0.482 e. The number of para-hydroxylation sites is 1. The first-order valence-corrected chi connectivity index (χ1v) is 12.5. The highest BCUT2D eigenvalue weighted by atomic mass is 35.5. The number of nitrogens with one attached hydrogen (secondary N) is 2. The molecule has 0 spiro atoms. The summed E-state index contributed by atoms with van der Waals surface area (Å²) in [6.45, 7) is 3.73.